The molecule has 38 heavy (non-hydrogen) atoms. The Balaban J connectivity index is 0. The molecule has 0 saturated heterocycles. The molecule has 9 nitrogen and oxygen atoms in total. The topological polar surface area (TPSA) is 182 Å². The van der Waals surface area contributed by atoms with Crippen LogP contribution in [0.25, 0.3) is 0 Å². The number of carbonyl (C=O) groups excluding carboxylic acids is 4. The van der Waals surface area contributed by atoms with E-state index in [1.165, 1.54) is 26.4 Å². The number of rotatable bonds is 9. The maximum Gasteiger partial charge on any atom is 0.139 e. The average molecular weight is 537 g/mol. The minimum absolute atomic E-state index is 0.0816. The van der Waals surface area contributed by atoms with Crippen LogP contribution in [0.1, 0.15) is 72.3 Å². The SMILES string of the molecule is CC(C)(C)C(N)C=O.COC(C)(C)C(N)C=O.NC(C=O)C1CCCCC1.NC(C=O)Cc1ccccc1. The van der Waals surface area contributed by atoms with Crippen LogP contribution < -0.4 is 22.9 Å². The second kappa shape index (κ2) is 20.6. The molecule has 1 aliphatic rings. The Bertz CT molecular complexity index is 762. The van der Waals surface area contributed by atoms with Crippen LogP contribution in [0.4, 0.5) is 0 Å². The van der Waals surface area contributed by atoms with E-state index >= 15 is 0 Å². The number of benzene rings is 1. The van der Waals surface area contributed by atoms with Crippen molar-refractivity contribution in [3.8, 4) is 0 Å². The lowest BCUT2D eigenvalue weighted by Crippen LogP contribution is -2.45. The molecule has 1 aliphatic carbocycles. The highest BCUT2D eigenvalue weighted by Gasteiger charge is 2.24. The maximum absolute atomic E-state index is 10.3. The van der Waals surface area contributed by atoms with Crippen molar-refractivity contribution < 1.29 is 23.9 Å². The highest BCUT2D eigenvalue weighted by Crippen LogP contribution is 2.24. The van der Waals surface area contributed by atoms with Gasteiger partial charge < -0.3 is 46.8 Å². The first-order chi connectivity index (χ1) is 17.7. The molecule has 9 heteroatoms. The molecule has 0 heterocycles. The van der Waals surface area contributed by atoms with E-state index in [1.54, 1.807) is 13.8 Å². The molecule has 1 fully saturated rings. The summed E-state index contributed by atoms with van der Waals surface area (Å²) in [5, 5.41) is 0. The van der Waals surface area contributed by atoms with Crippen LogP contribution >= 0.6 is 0 Å². The molecule has 0 amide bonds. The van der Waals surface area contributed by atoms with Crippen LogP contribution in [-0.2, 0) is 30.3 Å². The predicted octanol–water partition coefficient (Wildman–Crippen LogP) is 2.34. The van der Waals surface area contributed by atoms with Crippen molar-refractivity contribution in [3.63, 3.8) is 0 Å². The number of hydrogen-bond donors (Lipinski definition) is 4. The van der Waals surface area contributed by atoms with E-state index in [1.807, 2.05) is 51.1 Å². The largest absolute Gasteiger partial charge is 0.377 e. The van der Waals surface area contributed by atoms with Crippen LogP contribution in [0.5, 0.6) is 0 Å². The number of nitrogens with two attached hydrogens (primary N) is 4. The number of aldehydes is 4. The number of methoxy groups -OCH3 is 1. The van der Waals surface area contributed by atoms with Gasteiger partial charge in [-0.1, -0.05) is 70.4 Å². The van der Waals surface area contributed by atoms with Gasteiger partial charge in [-0.25, -0.2) is 0 Å². The molecule has 4 atom stereocenters. The van der Waals surface area contributed by atoms with Crippen LogP contribution in [0.3, 0.4) is 0 Å². The van der Waals surface area contributed by atoms with Gasteiger partial charge in [-0.2, -0.15) is 0 Å². The molecule has 0 radical (unpaired) electrons. The van der Waals surface area contributed by atoms with Crippen molar-refractivity contribution in [2.75, 3.05) is 7.11 Å². The first kappa shape index (κ1) is 37.9. The highest BCUT2D eigenvalue weighted by molar-refractivity contribution is 5.59. The summed E-state index contributed by atoms with van der Waals surface area (Å²) in [7, 11) is 1.53. The minimum atomic E-state index is -0.540. The van der Waals surface area contributed by atoms with Gasteiger partial charge in [0.1, 0.15) is 25.1 Å². The lowest BCUT2D eigenvalue weighted by Gasteiger charge is -2.25. The molecule has 4 unspecified atom stereocenters. The standard InChI is InChI=1S/C9H11NO.C8H15NO.C6H13NO2.C6H13NO/c10-9(7-11)6-8-4-2-1-3-5-8;9-8(6-10)7-4-2-1-3-5-7;1-6(2,9-3)5(7)4-8;1-6(2,3)5(7)4-8/h1-5,7,9H,6,10H2;6-8H,1-5,9H2;4-5H,7H2,1-3H3;4-5H,7H2,1-3H3. The molecule has 2 rings (SSSR count). The van der Waals surface area contributed by atoms with Crippen molar-refractivity contribution in [3.05, 3.63) is 35.9 Å². The zero-order valence-corrected chi connectivity index (χ0v) is 24.2. The van der Waals surface area contributed by atoms with Gasteiger partial charge in [-0.3, -0.25) is 0 Å². The van der Waals surface area contributed by atoms with Gasteiger partial charge in [0.05, 0.1) is 29.8 Å². The van der Waals surface area contributed by atoms with Crippen LogP contribution in [-0.4, -0.2) is 62.0 Å². The van der Waals surface area contributed by atoms with Crippen molar-refractivity contribution >= 4 is 25.1 Å². The number of carbonyl (C=O) groups is 4. The third kappa shape index (κ3) is 18.0. The van der Waals surface area contributed by atoms with E-state index in [9.17, 15) is 19.2 Å². The molecule has 0 spiro atoms. The summed E-state index contributed by atoms with van der Waals surface area (Å²) in [5.41, 5.74) is 22.2. The normalized spacial score (nSPS) is 16.8. The van der Waals surface area contributed by atoms with Gasteiger partial charge in [0, 0.05) is 7.11 Å². The van der Waals surface area contributed by atoms with E-state index in [0.29, 0.717) is 18.6 Å². The Morgan fingerprint density at radius 3 is 1.61 bits per heavy atom. The molecule has 218 valence electrons. The highest BCUT2D eigenvalue weighted by atomic mass is 16.5. The summed E-state index contributed by atoms with van der Waals surface area (Å²) in [6.07, 6.45) is 9.89. The Kier molecular flexibility index (Phi) is 20.6. The van der Waals surface area contributed by atoms with Crippen LogP contribution in [0.2, 0.25) is 0 Å². The van der Waals surface area contributed by atoms with Gasteiger partial charge in [0.25, 0.3) is 0 Å². The van der Waals surface area contributed by atoms with Gasteiger partial charge in [-0.05, 0) is 50.0 Å². The predicted molar refractivity (Wildman–Crippen MR) is 153 cm³/mol. The fraction of sp³-hybridized carbons (Fsp3) is 0.655. The molecule has 1 saturated carbocycles. The minimum Gasteiger partial charge on any atom is -0.377 e. The molecule has 0 aliphatic heterocycles. The van der Waals surface area contributed by atoms with E-state index in [-0.39, 0.29) is 23.5 Å². The fourth-order valence-corrected chi connectivity index (χ4v) is 3.07. The van der Waals surface area contributed by atoms with Crippen molar-refractivity contribution in [2.24, 2.45) is 34.3 Å². The van der Waals surface area contributed by atoms with E-state index in [0.717, 1.165) is 37.3 Å². The lowest BCUT2D eigenvalue weighted by molar-refractivity contribution is -0.115. The molecule has 1 aromatic carbocycles. The Morgan fingerprint density at radius 2 is 1.29 bits per heavy atom. The summed E-state index contributed by atoms with van der Waals surface area (Å²) in [6.45, 7) is 9.35. The van der Waals surface area contributed by atoms with Crippen molar-refractivity contribution in [2.45, 2.75) is 103 Å². The zero-order chi connectivity index (χ0) is 29.8. The Morgan fingerprint density at radius 1 is 0.789 bits per heavy atom. The first-order valence-corrected chi connectivity index (χ1v) is 13.1. The number of hydrogen-bond acceptors (Lipinski definition) is 9. The van der Waals surface area contributed by atoms with Crippen molar-refractivity contribution in [1.29, 1.82) is 0 Å². The molecular formula is C29H52N4O5. The molecule has 0 bridgehead atoms. The summed E-state index contributed by atoms with van der Waals surface area (Å²) >= 11 is 0. The van der Waals surface area contributed by atoms with Crippen molar-refractivity contribution in [1.82, 2.24) is 0 Å². The number of ether oxygens (including phenoxy) is 1. The fourth-order valence-electron chi connectivity index (χ4n) is 3.07. The van der Waals surface area contributed by atoms with Gasteiger partial charge in [-0.15, -0.1) is 0 Å². The molecule has 8 N–H and O–H groups in total. The zero-order valence-electron chi connectivity index (χ0n) is 24.2. The van der Waals surface area contributed by atoms with E-state index in [2.05, 4.69) is 0 Å². The van der Waals surface area contributed by atoms with E-state index < -0.39 is 11.6 Å². The molecule has 0 aromatic heterocycles. The summed E-state index contributed by atoms with van der Waals surface area (Å²) in [5.74, 6) is 0.478. The maximum atomic E-state index is 10.3. The third-order valence-corrected chi connectivity index (χ3v) is 6.46. The Labute approximate surface area is 229 Å². The van der Waals surface area contributed by atoms with Crippen LogP contribution in [0, 0.1) is 11.3 Å². The average Bonchev–Trinajstić information content (AvgIpc) is 2.93. The first-order valence-electron chi connectivity index (χ1n) is 13.1. The summed E-state index contributed by atoms with van der Waals surface area (Å²) < 4.78 is 4.93. The monoisotopic (exact) mass is 536 g/mol. The lowest BCUT2D eigenvalue weighted by atomic mass is 9.85. The summed E-state index contributed by atoms with van der Waals surface area (Å²) in [4.78, 5) is 40.6. The second-order valence-electron chi connectivity index (χ2n) is 11.1. The molecule has 1 aromatic rings. The van der Waals surface area contributed by atoms with Gasteiger partial charge in [0.15, 0.2) is 0 Å². The molecular weight excluding hydrogens is 484 g/mol. The second-order valence-corrected chi connectivity index (χ2v) is 11.1. The third-order valence-electron chi connectivity index (χ3n) is 6.46. The summed E-state index contributed by atoms with van der Waals surface area (Å²) in [6, 6.07) is 8.31. The smallest absolute Gasteiger partial charge is 0.139 e. The van der Waals surface area contributed by atoms with Gasteiger partial charge >= 0.3 is 0 Å². The van der Waals surface area contributed by atoms with Gasteiger partial charge in [0.2, 0.25) is 0 Å². The van der Waals surface area contributed by atoms with Crippen LogP contribution in [0.15, 0.2) is 30.3 Å². The quantitative estimate of drug-likeness (QED) is 0.344. The van der Waals surface area contributed by atoms with E-state index in [4.69, 9.17) is 27.7 Å². The Hall–Kier alpha value is -2.30.